The van der Waals surface area contributed by atoms with Gasteiger partial charge in [-0.3, -0.25) is 0 Å². The van der Waals surface area contributed by atoms with Gasteiger partial charge in [0.2, 0.25) is 0 Å². The molecular formula is C16H17ClN2OS. The van der Waals surface area contributed by atoms with Gasteiger partial charge in [-0.15, -0.1) is 0 Å². The van der Waals surface area contributed by atoms with Crippen LogP contribution in [0.15, 0.2) is 54.6 Å². The van der Waals surface area contributed by atoms with E-state index < -0.39 is 0 Å². The molecule has 0 amide bonds. The molecule has 0 spiro atoms. The molecule has 2 aromatic rings. The zero-order valence-electron chi connectivity index (χ0n) is 11.5. The molecule has 0 fully saturated rings. The Kier molecular flexibility index (Phi) is 6.31. The predicted octanol–water partition coefficient (Wildman–Crippen LogP) is 4.10. The van der Waals surface area contributed by atoms with Crippen molar-refractivity contribution in [3.05, 3.63) is 59.6 Å². The van der Waals surface area contributed by atoms with Gasteiger partial charge in [-0.1, -0.05) is 29.8 Å². The number of ether oxygens (including phenoxy) is 1. The van der Waals surface area contributed by atoms with Gasteiger partial charge in [0.1, 0.15) is 5.75 Å². The highest BCUT2D eigenvalue weighted by molar-refractivity contribution is 7.80. The molecule has 2 rings (SSSR count). The third-order valence-electron chi connectivity index (χ3n) is 2.72. The monoisotopic (exact) mass is 320 g/mol. The molecule has 0 heterocycles. The first-order valence-corrected chi connectivity index (χ1v) is 7.51. The van der Waals surface area contributed by atoms with Crippen LogP contribution in [0.4, 0.5) is 5.69 Å². The molecule has 0 unspecified atom stereocenters. The van der Waals surface area contributed by atoms with Crippen LogP contribution < -0.4 is 15.4 Å². The summed E-state index contributed by atoms with van der Waals surface area (Å²) in [6.45, 7) is 1.41. The Morgan fingerprint density at radius 2 is 1.76 bits per heavy atom. The van der Waals surface area contributed by atoms with E-state index in [0.29, 0.717) is 16.7 Å². The van der Waals surface area contributed by atoms with Crippen molar-refractivity contribution in [2.24, 2.45) is 0 Å². The number of para-hydroxylation sites is 1. The smallest absolute Gasteiger partial charge is 0.170 e. The molecule has 2 N–H and O–H groups in total. The van der Waals surface area contributed by atoms with Gasteiger partial charge in [-0.25, -0.2) is 0 Å². The van der Waals surface area contributed by atoms with Crippen LogP contribution in [0.3, 0.4) is 0 Å². The van der Waals surface area contributed by atoms with Gasteiger partial charge >= 0.3 is 0 Å². The molecule has 2 aromatic carbocycles. The van der Waals surface area contributed by atoms with E-state index in [-0.39, 0.29) is 0 Å². The van der Waals surface area contributed by atoms with Gasteiger partial charge in [0.05, 0.1) is 6.61 Å². The lowest BCUT2D eigenvalue weighted by molar-refractivity contribution is 0.311. The van der Waals surface area contributed by atoms with Crippen molar-refractivity contribution in [2.45, 2.75) is 6.42 Å². The fourth-order valence-corrected chi connectivity index (χ4v) is 2.04. The molecule has 0 aliphatic carbocycles. The Balaban J connectivity index is 1.60. The summed E-state index contributed by atoms with van der Waals surface area (Å²) in [5.74, 6) is 0.888. The minimum atomic E-state index is 0.594. The summed E-state index contributed by atoms with van der Waals surface area (Å²) >= 11 is 11.0. The number of halogens is 1. The summed E-state index contributed by atoms with van der Waals surface area (Å²) in [6, 6.07) is 17.2. The largest absolute Gasteiger partial charge is 0.494 e. The van der Waals surface area contributed by atoms with Gasteiger partial charge in [-0.05, 0) is 55.0 Å². The first-order chi connectivity index (χ1) is 10.2. The van der Waals surface area contributed by atoms with Crippen LogP contribution in [-0.4, -0.2) is 18.3 Å². The summed E-state index contributed by atoms with van der Waals surface area (Å²) in [5, 5.41) is 7.54. The average molecular weight is 321 g/mol. The second-order valence-electron chi connectivity index (χ2n) is 4.40. The molecular weight excluding hydrogens is 304 g/mol. The maximum Gasteiger partial charge on any atom is 0.170 e. The third kappa shape index (κ3) is 6.02. The zero-order chi connectivity index (χ0) is 14.9. The molecule has 0 aromatic heterocycles. The maximum atomic E-state index is 5.83. The minimum absolute atomic E-state index is 0.594. The number of thiocarbonyl (C=S) groups is 1. The summed E-state index contributed by atoms with van der Waals surface area (Å²) in [7, 11) is 0. The Hall–Kier alpha value is -1.78. The van der Waals surface area contributed by atoms with Crippen molar-refractivity contribution in [2.75, 3.05) is 18.5 Å². The molecule has 21 heavy (non-hydrogen) atoms. The number of nitrogens with one attached hydrogen (secondary N) is 2. The molecule has 110 valence electrons. The van der Waals surface area contributed by atoms with E-state index in [9.17, 15) is 0 Å². The van der Waals surface area contributed by atoms with Crippen molar-refractivity contribution in [3.63, 3.8) is 0 Å². The zero-order valence-corrected chi connectivity index (χ0v) is 13.1. The number of anilines is 1. The third-order valence-corrected chi connectivity index (χ3v) is 3.22. The van der Waals surface area contributed by atoms with Crippen molar-refractivity contribution in [3.8, 4) is 5.75 Å². The molecule has 0 aliphatic rings. The van der Waals surface area contributed by atoms with E-state index in [1.54, 1.807) is 0 Å². The fraction of sp³-hybridized carbons (Fsp3) is 0.188. The van der Waals surface area contributed by atoms with Crippen molar-refractivity contribution in [1.29, 1.82) is 0 Å². The first-order valence-electron chi connectivity index (χ1n) is 6.72. The van der Waals surface area contributed by atoms with Crippen LogP contribution in [0.25, 0.3) is 0 Å². The number of benzene rings is 2. The van der Waals surface area contributed by atoms with E-state index in [4.69, 9.17) is 28.6 Å². The summed E-state index contributed by atoms with van der Waals surface area (Å²) in [4.78, 5) is 0. The van der Waals surface area contributed by atoms with Crippen molar-refractivity contribution >= 4 is 34.6 Å². The molecule has 0 saturated carbocycles. The van der Waals surface area contributed by atoms with Gasteiger partial charge < -0.3 is 15.4 Å². The van der Waals surface area contributed by atoms with Crippen LogP contribution in [0.2, 0.25) is 5.02 Å². The summed E-state index contributed by atoms with van der Waals surface area (Å²) in [6.07, 6.45) is 0.872. The van der Waals surface area contributed by atoms with Gasteiger partial charge in [0.15, 0.2) is 5.11 Å². The lowest BCUT2D eigenvalue weighted by Gasteiger charge is -2.11. The van der Waals surface area contributed by atoms with E-state index in [2.05, 4.69) is 10.6 Å². The predicted molar refractivity (Wildman–Crippen MR) is 92.2 cm³/mol. The molecule has 0 radical (unpaired) electrons. The minimum Gasteiger partial charge on any atom is -0.494 e. The number of hydrogen-bond acceptors (Lipinski definition) is 2. The molecule has 0 saturated heterocycles. The molecule has 0 bridgehead atoms. The Morgan fingerprint density at radius 1 is 1.05 bits per heavy atom. The Bertz CT molecular complexity index is 560. The molecule has 0 atom stereocenters. The van der Waals surface area contributed by atoms with Crippen LogP contribution >= 0.6 is 23.8 Å². The number of hydrogen-bond donors (Lipinski definition) is 2. The summed E-state index contributed by atoms with van der Waals surface area (Å²) in [5.41, 5.74) is 0.914. The van der Waals surface area contributed by atoms with Gasteiger partial charge in [0, 0.05) is 17.3 Å². The van der Waals surface area contributed by atoms with E-state index in [1.165, 1.54) is 0 Å². The standard InChI is InChI=1S/C16H17ClN2OS/c17-13-7-9-14(10-8-13)19-16(21)18-11-4-12-20-15-5-2-1-3-6-15/h1-3,5-10H,4,11-12H2,(H2,18,19,21). The number of rotatable bonds is 6. The van der Waals surface area contributed by atoms with E-state index >= 15 is 0 Å². The highest BCUT2D eigenvalue weighted by Gasteiger charge is 1.98. The molecule has 3 nitrogen and oxygen atoms in total. The van der Waals surface area contributed by atoms with Crippen LogP contribution in [-0.2, 0) is 0 Å². The SMILES string of the molecule is S=C(NCCCOc1ccccc1)Nc1ccc(Cl)cc1. The fourth-order valence-electron chi connectivity index (χ4n) is 1.69. The van der Waals surface area contributed by atoms with E-state index in [1.807, 2.05) is 54.6 Å². The van der Waals surface area contributed by atoms with Gasteiger partial charge in [0.25, 0.3) is 0 Å². The topological polar surface area (TPSA) is 33.3 Å². The Labute approximate surface area is 135 Å². The average Bonchev–Trinajstić information content (AvgIpc) is 2.50. The molecule has 5 heteroatoms. The maximum absolute atomic E-state index is 5.83. The van der Waals surface area contributed by atoms with Crippen molar-refractivity contribution < 1.29 is 4.74 Å². The highest BCUT2D eigenvalue weighted by Crippen LogP contribution is 2.13. The lowest BCUT2D eigenvalue weighted by Crippen LogP contribution is -2.29. The van der Waals surface area contributed by atoms with E-state index in [0.717, 1.165) is 24.4 Å². The molecule has 0 aliphatic heterocycles. The highest BCUT2D eigenvalue weighted by atomic mass is 35.5. The van der Waals surface area contributed by atoms with Gasteiger partial charge in [-0.2, -0.15) is 0 Å². The summed E-state index contributed by atoms with van der Waals surface area (Å²) < 4.78 is 5.60. The Morgan fingerprint density at radius 3 is 2.48 bits per heavy atom. The second-order valence-corrected chi connectivity index (χ2v) is 5.25. The van der Waals surface area contributed by atoms with Crippen LogP contribution in [0, 0.1) is 0 Å². The first kappa shape index (κ1) is 15.6. The second kappa shape index (κ2) is 8.49. The lowest BCUT2D eigenvalue weighted by atomic mass is 10.3. The van der Waals surface area contributed by atoms with Crippen LogP contribution in [0.5, 0.6) is 5.75 Å². The quantitative estimate of drug-likeness (QED) is 0.620. The van der Waals surface area contributed by atoms with Crippen LogP contribution in [0.1, 0.15) is 6.42 Å². The van der Waals surface area contributed by atoms with Crippen molar-refractivity contribution in [1.82, 2.24) is 5.32 Å². The normalized spacial score (nSPS) is 9.95.